The fourth-order valence-corrected chi connectivity index (χ4v) is 3.90. The summed E-state index contributed by atoms with van der Waals surface area (Å²) in [5.41, 5.74) is 2.97. The molecule has 1 N–H and O–H groups in total. The number of nitrogens with one attached hydrogen (secondary N) is 1. The van der Waals surface area contributed by atoms with Gasteiger partial charge in [0.1, 0.15) is 5.75 Å². The highest BCUT2D eigenvalue weighted by molar-refractivity contribution is 5.98. The van der Waals surface area contributed by atoms with Crippen LogP contribution in [0, 0.1) is 0 Å². The summed E-state index contributed by atoms with van der Waals surface area (Å²) in [4.78, 5) is 29.5. The lowest BCUT2D eigenvalue weighted by Crippen LogP contribution is -2.45. The Morgan fingerprint density at radius 1 is 0.848 bits per heavy atom. The van der Waals surface area contributed by atoms with Crippen molar-refractivity contribution in [2.45, 2.75) is 46.2 Å². The molecule has 1 aliphatic heterocycles. The highest BCUT2D eigenvalue weighted by atomic mass is 16.5. The maximum Gasteiger partial charge on any atom is 0.220 e. The van der Waals surface area contributed by atoms with E-state index in [4.69, 9.17) is 4.74 Å². The van der Waals surface area contributed by atoms with Crippen molar-refractivity contribution < 1.29 is 14.3 Å². The van der Waals surface area contributed by atoms with E-state index < -0.39 is 0 Å². The molecular formula is C27H37N3O3. The van der Waals surface area contributed by atoms with Crippen LogP contribution in [0.15, 0.2) is 48.5 Å². The molecule has 0 aliphatic carbocycles. The number of ether oxygens (including phenoxy) is 1. The van der Waals surface area contributed by atoms with Crippen LogP contribution in [-0.2, 0) is 17.9 Å². The lowest BCUT2D eigenvalue weighted by Gasteiger charge is -2.34. The third-order valence-corrected chi connectivity index (χ3v) is 6.06. The van der Waals surface area contributed by atoms with E-state index in [9.17, 15) is 9.59 Å². The Balaban J connectivity index is 1.36. The van der Waals surface area contributed by atoms with Crippen LogP contribution >= 0.6 is 0 Å². The normalized spacial score (nSPS) is 14.7. The van der Waals surface area contributed by atoms with Crippen LogP contribution in [0.4, 0.5) is 0 Å². The van der Waals surface area contributed by atoms with Crippen LogP contribution in [0.5, 0.6) is 5.75 Å². The summed E-state index contributed by atoms with van der Waals surface area (Å²) >= 11 is 0. The second-order valence-corrected chi connectivity index (χ2v) is 8.60. The van der Waals surface area contributed by atoms with Crippen LogP contribution in [0.1, 0.15) is 54.6 Å². The molecule has 6 nitrogen and oxygen atoms in total. The van der Waals surface area contributed by atoms with Gasteiger partial charge in [-0.25, -0.2) is 0 Å². The van der Waals surface area contributed by atoms with Gasteiger partial charge in [0, 0.05) is 57.7 Å². The van der Waals surface area contributed by atoms with Crippen LogP contribution in [0.25, 0.3) is 0 Å². The number of hydrogen-bond donors (Lipinski definition) is 1. The standard InChI is InChI=1S/C27H37N3O3/c1-3-19-33-25-11-9-24(10-12-25)26(31)13-14-27(32)28-20-22-5-7-23(8-6-22)21-30-17-15-29(4-2)16-18-30/h5-12H,3-4,13-21H2,1-2H3,(H,28,32). The van der Waals surface area contributed by atoms with Gasteiger partial charge in [0.25, 0.3) is 0 Å². The van der Waals surface area contributed by atoms with Gasteiger partial charge in [-0.1, -0.05) is 38.1 Å². The first-order valence-electron chi connectivity index (χ1n) is 12.1. The number of carbonyl (C=O) groups excluding carboxylic acids is 2. The Bertz CT molecular complexity index is 872. The van der Waals surface area contributed by atoms with E-state index in [1.807, 2.05) is 0 Å². The molecule has 33 heavy (non-hydrogen) atoms. The molecule has 1 amide bonds. The summed E-state index contributed by atoms with van der Waals surface area (Å²) in [7, 11) is 0. The molecule has 178 valence electrons. The van der Waals surface area contributed by atoms with Crippen LogP contribution < -0.4 is 10.1 Å². The fourth-order valence-electron chi connectivity index (χ4n) is 3.90. The van der Waals surface area contributed by atoms with Crippen LogP contribution in [0.3, 0.4) is 0 Å². The number of rotatable bonds is 12. The van der Waals surface area contributed by atoms with Crippen molar-refractivity contribution >= 4 is 11.7 Å². The summed E-state index contributed by atoms with van der Waals surface area (Å²) in [5.74, 6) is 0.622. The number of benzene rings is 2. The molecule has 0 bridgehead atoms. The maximum absolute atomic E-state index is 12.4. The molecule has 3 rings (SSSR count). The molecule has 0 unspecified atom stereocenters. The first-order chi connectivity index (χ1) is 16.1. The van der Waals surface area contributed by atoms with Gasteiger partial charge in [-0.05, 0) is 48.4 Å². The Labute approximate surface area is 197 Å². The number of nitrogens with zero attached hydrogens (tertiary/aromatic N) is 2. The molecule has 0 radical (unpaired) electrons. The number of piperazine rings is 1. The van der Waals surface area contributed by atoms with Gasteiger partial charge in [-0.3, -0.25) is 14.5 Å². The van der Waals surface area contributed by atoms with Crippen molar-refractivity contribution in [1.82, 2.24) is 15.1 Å². The summed E-state index contributed by atoms with van der Waals surface area (Å²) < 4.78 is 5.54. The van der Waals surface area contributed by atoms with E-state index in [1.54, 1.807) is 24.3 Å². The highest BCUT2D eigenvalue weighted by Gasteiger charge is 2.15. The van der Waals surface area contributed by atoms with Gasteiger partial charge < -0.3 is 15.0 Å². The molecule has 1 heterocycles. The number of ketones is 1. The summed E-state index contributed by atoms with van der Waals surface area (Å²) in [6.07, 6.45) is 1.33. The molecule has 0 aromatic heterocycles. The predicted octanol–water partition coefficient (Wildman–Crippen LogP) is 3.89. The molecule has 0 saturated carbocycles. The van der Waals surface area contributed by atoms with Crippen molar-refractivity contribution in [2.75, 3.05) is 39.3 Å². The van der Waals surface area contributed by atoms with E-state index in [2.05, 4.69) is 53.2 Å². The lowest BCUT2D eigenvalue weighted by molar-refractivity contribution is -0.121. The Hall–Kier alpha value is -2.70. The minimum absolute atomic E-state index is 0.0312. The molecule has 1 fully saturated rings. The topological polar surface area (TPSA) is 61.9 Å². The molecule has 0 atom stereocenters. The third kappa shape index (κ3) is 8.30. The van der Waals surface area contributed by atoms with E-state index in [0.29, 0.717) is 18.7 Å². The third-order valence-electron chi connectivity index (χ3n) is 6.06. The zero-order valence-electron chi connectivity index (χ0n) is 20.0. The molecule has 0 spiro atoms. The van der Waals surface area contributed by atoms with E-state index >= 15 is 0 Å². The minimum Gasteiger partial charge on any atom is -0.494 e. The molecule has 6 heteroatoms. The van der Waals surface area contributed by atoms with Gasteiger partial charge in [0.2, 0.25) is 5.91 Å². The average Bonchev–Trinajstić information content (AvgIpc) is 2.86. The largest absolute Gasteiger partial charge is 0.494 e. The van der Waals surface area contributed by atoms with Gasteiger partial charge in [0.15, 0.2) is 5.78 Å². The lowest BCUT2D eigenvalue weighted by atomic mass is 10.1. The number of Topliss-reactive ketones (excluding diaryl/α,β-unsaturated/α-hetero) is 1. The first-order valence-corrected chi connectivity index (χ1v) is 12.1. The van der Waals surface area contributed by atoms with Crippen LogP contribution in [0.2, 0.25) is 0 Å². The number of amides is 1. The van der Waals surface area contributed by atoms with Crippen molar-refractivity contribution in [3.05, 3.63) is 65.2 Å². The summed E-state index contributed by atoms with van der Waals surface area (Å²) in [6.45, 7) is 12.0. The number of carbonyl (C=O) groups is 2. The minimum atomic E-state index is -0.107. The Morgan fingerprint density at radius 3 is 2.12 bits per heavy atom. The zero-order valence-corrected chi connectivity index (χ0v) is 20.0. The first kappa shape index (κ1) is 24.9. The number of likely N-dealkylation sites (N-methyl/N-ethyl adjacent to an activating group) is 1. The Kier molecular flexibility index (Phi) is 9.91. The van der Waals surface area contributed by atoms with Crippen molar-refractivity contribution in [3.63, 3.8) is 0 Å². The van der Waals surface area contributed by atoms with E-state index in [-0.39, 0.29) is 24.5 Å². The molecular weight excluding hydrogens is 414 g/mol. The molecule has 2 aromatic carbocycles. The van der Waals surface area contributed by atoms with Gasteiger partial charge in [-0.15, -0.1) is 0 Å². The van der Waals surface area contributed by atoms with E-state index in [0.717, 1.165) is 57.0 Å². The van der Waals surface area contributed by atoms with Crippen molar-refractivity contribution in [3.8, 4) is 5.75 Å². The van der Waals surface area contributed by atoms with Gasteiger partial charge in [0.05, 0.1) is 6.61 Å². The number of hydrogen-bond acceptors (Lipinski definition) is 5. The Morgan fingerprint density at radius 2 is 1.48 bits per heavy atom. The monoisotopic (exact) mass is 451 g/mol. The summed E-state index contributed by atoms with van der Waals surface area (Å²) in [5, 5.41) is 2.92. The smallest absolute Gasteiger partial charge is 0.220 e. The molecule has 2 aromatic rings. The predicted molar refractivity (Wildman–Crippen MR) is 131 cm³/mol. The SMILES string of the molecule is CCCOc1ccc(C(=O)CCC(=O)NCc2ccc(CN3CCN(CC)CC3)cc2)cc1. The molecule has 1 saturated heterocycles. The highest BCUT2D eigenvalue weighted by Crippen LogP contribution is 2.15. The van der Waals surface area contributed by atoms with Gasteiger partial charge in [-0.2, -0.15) is 0 Å². The van der Waals surface area contributed by atoms with Crippen LogP contribution in [-0.4, -0.2) is 60.8 Å². The second kappa shape index (κ2) is 13.1. The maximum atomic E-state index is 12.4. The van der Waals surface area contributed by atoms with Gasteiger partial charge >= 0.3 is 0 Å². The second-order valence-electron chi connectivity index (χ2n) is 8.60. The quantitative estimate of drug-likeness (QED) is 0.496. The fraction of sp³-hybridized carbons (Fsp3) is 0.481. The molecule has 1 aliphatic rings. The average molecular weight is 452 g/mol. The zero-order chi connectivity index (χ0) is 23.5. The summed E-state index contributed by atoms with van der Waals surface area (Å²) in [6, 6.07) is 15.6. The van der Waals surface area contributed by atoms with Crippen molar-refractivity contribution in [2.24, 2.45) is 0 Å². The van der Waals surface area contributed by atoms with Crippen molar-refractivity contribution in [1.29, 1.82) is 0 Å². The van der Waals surface area contributed by atoms with E-state index in [1.165, 1.54) is 5.56 Å².